The van der Waals surface area contributed by atoms with Gasteiger partial charge in [0.25, 0.3) is 0 Å². The second-order valence-electron chi connectivity index (χ2n) is 9.52. The number of rotatable bonds is 8. The summed E-state index contributed by atoms with van der Waals surface area (Å²) >= 11 is 0. The fourth-order valence-corrected chi connectivity index (χ4v) is 5.28. The van der Waals surface area contributed by atoms with Crippen LogP contribution in [0.5, 0.6) is 11.5 Å². The maximum atomic E-state index is 12.7. The SMILES string of the molecule is CC1(C)[C@H](/C=C\C(=O)OC2CCCCO2)[C@@]1(C(=O)O)[C@@H](C#N)c1cccc(Oc2ccccc2)c1. The zero-order chi connectivity index (χ0) is 25.1. The molecular formula is C28H29NO6. The third-order valence-corrected chi connectivity index (χ3v) is 7.17. The summed E-state index contributed by atoms with van der Waals surface area (Å²) in [6.45, 7) is 4.16. The fraction of sp³-hybridized carbons (Fsp3) is 0.393. The number of hydrogen-bond donors (Lipinski definition) is 1. The molecule has 1 N–H and O–H groups in total. The third kappa shape index (κ3) is 4.67. The maximum absolute atomic E-state index is 12.7. The van der Waals surface area contributed by atoms with Crippen LogP contribution in [0.2, 0.25) is 0 Å². The maximum Gasteiger partial charge on any atom is 0.332 e. The van der Waals surface area contributed by atoms with E-state index in [1.807, 2.05) is 30.3 Å². The molecule has 2 fully saturated rings. The van der Waals surface area contributed by atoms with Crippen molar-refractivity contribution in [3.63, 3.8) is 0 Å². The Bertz CT molecular complexity index is 1150. The summed E-state index contributed by atoms with van der Waals surface area (Å²) in [5, 5.41) is 20.5. The topological polar surface area (TPSA) is 106 Å². The molecule has 2 aromatic rings. The lowest BCUT2D eigenvalue weighted by Gasteiger charge is -2.22. The van der Waals surface area contributed by atoms with Gasteiger partial charge in [-0.3, -0.25) is 4.79 Å². The number of carboxylic acids is 1. The number of carbonyl (C=O) groups excluding carboxylic acids is 1. The molecular weight excluding hydrogens is 446 g/mol. The summed E-state index contributed by atoms with van der Waals surface area (Å²) in [4.78, 5) is 25.0. The van der Waals surface area contributed by atoms with Crippen molar-refractivity contribution in [2.24, 2.45) is 16.7 Å². The Balaban J connectivity index is 1.57. The van der Waals surface area contributed by atoms with E-state index in [1.165, 1.54) is 6.08 Å². The lowest BCUT2D eigenvalue weighted by atomic mass is 9.78. The summed E-state index contributed by atoms with van der Waals surface area (Å²) in [6, 6.07) is 18.4. The number of ether oxygens (including phenoxy) is 3. The molecule has 4 atom stereocenters. The van der Waals surface area contributed by atoms with E-state index in [4.69, 9.17) is 14.2 Å². The summed E-state index contributed by atoms with van der Waals surface area (Å²) in [7, 11) is 0. The first-order chi connectivity index (χ1) is 16.8. The molecule has 182 valence electrons. The Morgan fingerprint density at radius 3 is 2.54 bits per heavy atom. The monoisotopic (exact) mass is 475 g/mol. The lowest BCUT2D eigenvalue weighted by molar-refractivity contribution is -0.181. The summed E-state index contributed by atoms with van der Waals surface area (Å²) < 4.78 is 16.7. The van der Waals surface area contributed by atoms with Crippen LogP contribution in [-0.4, -0.2) is 29.9 Å². The first kappa shape index (κ1) is 24.5. The predicted octanol–water partition coefficient (Wildman–Crippen LogP) is 5.44. The molecule has 1 saturated carbocycles. The molecule has 2 aliphatic rings. The summed E-state index contributed by atoms with van der Waals surface area (Å²) in [6.07, 6.45) is 4.76. The molecule has 1 unspecified atom stereocenters. The van der Waals surface area contributed by atoms with Gasteiger partial charge in [-0.25, -0.2) is 4.79 Å². The first-order valence-electron chi connectivity index (χ1n) is 11.8. The van der Waals surface area contributed by atoms with Crippen LogP contribution >= 0.6 is 0 Å². The molecule has 0 amide bonds. The van der Waals surface area contributed by atoms with Gasteiger partial charge >= 0.3 is 11.9 Å². The van der Waals surface area contributed by atoms with E-state index in [0.717, 1.165) is 12.8 Å². The first-order valence-corrected chi connectivity index (χ1v) is 11.8. The number of nitrogens with zero attached hydrogens (tertiary/aromatic N) is 1. The Morgan fingerprint density at radius 2 is 1.89 bits per heavy atom. The Labute approximate surface area is 204 Å². The molecule has 1 aliphatic heterocycles. The second-order valence-corrected chi connectivity index (χ2v) is 9.52. The van der Waals surface area contributed by atoms with Crippen LogP contribution in [0.4, 0.5) is 0 Å². The summed E-state index contributed by atoms with van der Waals surface area (Å²) in [5.41, 5.74) is -1.63. The van der Waals surface area contributed by atoms with Crippen molar-refractivity contribution in [1.29, 1.82) is 5.26 Å². The fourth-order valence-electron chi connectivity index (χ4n) is 5.28. The van der Waals surface area contributed by atoms with Gasteiger partial charge in [0.2, 0.25) is 6.29 Å². The molecule has 0 spiro atoms. The number of aliphatic carboxylic acids is 1. The van der Waals surface area contributed by atoms with E-state index in [2.05, 4.69) is 6.07 Å². The van der Waals surface area contributed by atoms with Gasteiger partial charge in [-0.1, -0.05) is 50.3 Å². The van der Waals surface area contributed by atoms with Crippen molar-refractivity contribution in [3.8, 4) is 17.6 Å². The molecule has 35 heavy (non-hydrogen) atoms. The smallest absolute Gasteiger partial charge is 0.332 e. The second kappa shape index (κ2) is 9.93. The van der Waals surface area contributed by atoms with Gasteiger partial charge in [-0.2, -0.15) is 5.26 Å². The van der Waals surface area contributed by atoms with Gasteiger partial charge in [0.05, 0.1) is 18.6 Å². The van der Waals surface area contributed by atoms with E-state index in [9.17, 15) is 20.0 Å². The van der Waals surface area contributed by atoms with Gasteiger partial charge < -0.3 is 19.3 Å². The van der Waals surface area contributed by atoms with Crippen LogP contribution in [0.15, 0.2) is 66.7 Å². The zero-order valence-corrected chi connectivity index (χ0v) is 19.8. The molecule has 7 nitrogen and oxygen atoms in total. The van der Waals surface area contributed by atoms with Crippen molar-refractivity contribution in [2.75, 3.05) is 6.61 Å². The highest BCUT2D eigenvalue weighted by molar-refractivity contribution is 5.86. The van der Waals surface area contributed by atoms with Crippen molar-refractivity contribution >= 4 is 11.9 Å². The van der Waals surface area contributed by atoms with Crippen LogP contribution in [0.1, 0.15) is 44.6 Å². The number of para-hydroxylation sites is 1. The Kier molecular flexibility index (Phi) is 6.95. The van der Waals surface area contributed by atoms with E-state index in [0.29, 0.717) is 30.1 Å². The highest BCUT2D eigenvalue weighted by atomic mass is 16.7. The molecule has 2 aromatic carbocycles. The van der Waals surface area contributed by atoms with Gasteiger partial charge in [0.15, 0.2) is 0 Å². The van der Waals surface area contributed by atoms with Gasteiger partial charge in [-0.05, 0) is 48.1 Å². The van der Waals surface area contributed by atoms with E-state index < -0.39 is 40.9 Å². The lowest BCUT2D eigenvalue weighted by Crippen LogP contribution is -2.29. The van der Waals surface area contributed by atoms with Gasteiger partial charge in [0, 0.05) is 18.4 Å². The minimum Gasteiger partial charge on any atom is -0.481 e. The number of hydrogen-bond acceptors (Lipinski definition) is 6. The van der Waals surface area contributed by atoms with Crippen LogP contribution in [0.25, 0.3) is 0 Å². The minimum atomic E-state index is -1.41. The largest absolute Gasteiger partial charge is 0.481 e. The van der Waals surface area contributed by atoms with Crippen molar-refractivity contribution in [3.05, 3.63) is 72.3 Å². The molecule has 0 radical (unpaired) electrons. The number of esters is 1. The highest BCUT2D eigenvalue weighted by Gasteiger charge is 2.78. The average molecular weight is 476 g/mol. The molecule has 0 bridgehead atoms. The molecule has 1 aliphatic carbocycles. The van der Waals surface area contributed by atoms with Crippen molar-refractivity contribution < 1.29 is 28.9 Å². The van der Waals surface area contributed by atoms with E-state index in [-0.39, 0.29) is 0 Å². The predicted molar refractivity (Wildman–Crippen MR) is 127 cm³/mol. The highest BCUT2D eigenvalue weighted by Crippen LogP contribution is 2.75. The van der Waals surface area contributed by atoms with Crippen molar-refractivity contribution in [2.45, 2.75) is 45.3 Å². The average Bonchev–Trinajstić information content (AvgIpc) is 3.35. The van der Waals surface area contributed by atoms with Crippen LogP contribution in [0.3, 0.4) is 0 Å². The van der Waals surface area contributed by atoms with E-state index in [1.54, 1.807) is 44.2 Å². The normalized spacial score (nSPS) is 25.9. The number of carbonyl (C=O) groups is 2. The molecule has 1 saturated heterocycles. The Morgan fingerprint density at radius 1 is 1.14 bits per heavy atom. The van der Waals surface area contributed by atoms with Gasteiger partial charge in [0.1, 0.15) is 16.9 Å². The van der Waals surface area contributed by atoms with Crippen LogP contribution < -0.4 is 4.74 Å². The number of allylic oxidation sites excluding steroid dienone is 1. The summed E-state index contributed by atoms with van der Waals surface area (Å²) in [5.74, 6) is -2.01. The van der Waals surface area contributed by atoms with Crippen LogP contribution in [0, 0.1) is 28.1 Å². The van der Waals surface area contributed by atoms with Gasteiger partial charge in [-0.15, -0.1) is 0 Å². The van der Waals surface area contributed by atoms with Crippen LogP contribution in [-0.2, 0) is 19.1 Å². The quantitative estimate of drug-likeness (QED) is 0.400. The van der Waals surface area contributed by atoms with Crippen molar-refractivity contribution in [1.82, 2.24) is 0 Å². The zero-order valence-electron chi connectivity index (χ0n) is 19.8. The number of carboxylic acid groups (broad SMARTS) is 1. The van der Waals surface area contributed by atoms with E-state index >= 15 is 0 Å². The minimum absolute atomic E-state index is 0.510. The number of nitriles is 1. The molecule has 4 rings (SSSR count). The molecule has 7 heteroatoms. The third-order valence-electron chi connectivity index (χ3n) is 7.17. The molecule has 1 heterocycles. The standard InChI is InChI=1S/C28H29NO6/c1-27(2)23(14-15-24(30)35-25-13-6-7-16-33-25)28(27,26(31)32)22(18-29)19-9-8-12-21(17-19)34-20-10-4-3-5-11-20/h3-5,8-12,14-15,17,22-23,25H,6-7,13,16H2,1-2H3,(H,31,32)/b15-14-/t22-,23-,25?,28+/m0/s1. The number of benzene rings is 2. The molecule has 0 aromatic heterocycles. The Hall–Kier alpha value is -3.63.